The van der Waals surface area contributed by atoms with Gasteiger partial charge in [0.15, 0.2) is 6.10 Å². The van der Waals surface area contributed by atoms with Crippen molar-refractivity contribution in [3.8, 4) is 0 Å². The van der Waals surface area contributed by atoms with Crippen LogP contribution in [0.5, 0.6) is 0 Å². The third-order valence-corrected chi connectivity index (χ3v) is 12.2. The molecule has 0 bridgehead atoms. The molecule has 0 amide bonds. The summed E-state index contributed by atoms with van der Waals surface area (Å²) >= 11 is 0. The van der Waals surface area contributed by atoms with Crippen molar-refractivity contribution in [2.75, 3.05) is 13.2 Å². The molecule has 0 aromatic carbocycles. The van der Waals surface area contributed by atoms with E-state index in [-0.39, 0.29) is 12.8 Å². The second-order valence-corrected chi connectivity index (χ2v) is 19.2. The zero-order chi connectivity index (χ0) is 49.1. The Bertz CT molecular complexity index is 1530. The van der Waals surface area contributed by atoms with Crippen LogP contribution in [0.15, 0.2) is 60.8 Å². The fourth-order valence-corrected chi connectivity index (χ4v) is 8.46. The van der Waals surface area contributed by atoms with E-state index in [1.54, 1.807) is 6.08 Å². The highest BCUT2D eigenvalue weighted by atomic mass is 31.2. The Labute approximate surface area is 392 Å². The number of ether oxygens (including phenoxy) is 2. The third-order valence-electron chi connectivity index (χ3n) is 10.7. The van der Waals surface area contributed by atoms with Crippen LogP contribution in [-0.4, -0.2) is 114 Å². The average molecular weight is 981 g/mol. The predicted molar refractivity (Wildman–Crippen MR) is 252 cm³/mol. The van der Waals surface area contributed by atoms with E-state index in [2.05, 4.69) is 36.6 Å². The first-order valence-electron chi connectivity index (χ1n) is 23.9. The van der Waals surface area contributed by atoms with Gasteiger partial charge >= 0.3 is 27.6 Å². The summed E-state index contributed by atoms with van der Waals surface area (Å²) in [6.07, 6.45) is 24.9. The van der Waals surface area contributed by atoms with Crippen LogP contribution < -0.4 is 0 Å². The Morgan fingerprint density at radius 2 is 1.12 bits per heavy atom. The van der Waals surface area contributed by atoms with E-state index in [0.717, 1.165) is 57.8 Å². The second-order valence-electron chi connectivity index (χ2n) is 16.6. The van der Waals surface area contributed by atoms with Crippen LogP contribution in [0.2, 0.25) is 0 Å². The molecule has 0 heterocycles. The minimum atomic E-state index is -5.38. The molecule has 0 radical (unpaired) electrons. The molecule has 66 heavy (non-hydrogen) atoms. The van der Waals surface area contributed by atoms with Crippen LogP contribution in [-0.2, 0) is 41.8 Å². The maximum Gasteiger partial charge on any atom is 0.472 e. The molecule has 1 saturated carbocycles. The molecule has 19 heteroatoms. The van der Waals surface area contributed by atoms with Gasteiger partial charge in [0.2, 0.25) is 0 Å². The number of hydrogen-bond acceptors (Lipinski definition) is 14. The molecule has 1 fully saturated rings. The molecule has 0 spiro atoms. The fourth-order valence-electron chi connectivity index (χ4n) is 6.92. The van der Waals surface area contributed by atoms with Crippen molar-refractivity contribution in [1.29, 1.82) is 0 Å². The summed E-state index contributed by atoms with van der Waals surface area (Å²) in [4.78, 5) is 54.3. The highest BCUT2D eigenvalue weighted by molar-refractivity contribution is 7.47. The van der Waals surface area contributed by atoms with Crippen LogP contribution in [0.25, 0.3) is 0 Å². The maximum absolute atomic E-state index is 13.0. The third kappa shape index (κ3) is 31.7. The molecule has 0 aliphatic heterocycles. The summed E-state index contributed by atoms with van der Waals surface area (Å²) in [6.45, 7) is 2.87. The Hall–Kier alpha value is -2.34. The number of aliphatic hydroxyl groups excluding tert-OH is 5. The van der Waals surface area contributed by atoms with Crippen molar-refractivity contribution in [3.05, 3.63) is 60.8 Å². The minimum Gasteiger partial charge on any atom is -0.462 e. The number of carbonyl (C=O) groups is 2. The van der Waals surface area contributed by atoms with Crippen molar-refractivity contribution < 1.29 is 82.0 Å². The highest BCUT2D eigenvalue weighted by Crippen LogP contribution is 2.49. The lowest BCUT2D eigenvalue weighted by Crippen LogP contribution is -2.64. The monoisotopic (exact) mass is 981 g/mol. The van der Waals surface area contributed by atoms with Crippen LogP contribution >= 0.6 is 15.6 Å². The van der Waals surface area contributed by atoms with Gasteiger partial charge in [0.05, 0.1) is 12.7 Å². The predicted octanol–water partition coefficient (Wildman–Crippen LogP) is 8.03. The molecule has 0 aromatic heterocycles. The average Bonchev–Trinajstić information content (AvgIpc) is 3.27. The Morgan fingerprint density at radius 1 is 0.576 bits per heavy atom. The number of phosphoric ester groups is 2. The van der Waals surface area contributed by atoms with E-state index in [9.17, 15) is 58.9 Å². The van der Waals surface area contributed by atoms with Gasteiger partial charge in [-0.1, -0.05) is 145 Å². The van der Waals surface area contributed by atoms with Gasteiger partial charge in [-0.2, -0.15) is 0 Å². The quantitative estimate of drug-likeness (QED) is 0.00951. The second kappa shape index (κ2) is 37.5. The normalized spacial score (nSPS) is 22.5. The molecule has 8 N–H and O–H groups in total. The number of unbranched alkanes of at least 4 members (excludes halogenated alkanes) is 15. The van der Waals surface area contributed by atoms with Crippen molar-refractivity contribution >= 4 is 27.6 Å². The van der Waals surface area contributed by atoms with Crippen LogP contribution in [0.3, 0.4) is 0 Å². The van der Waals surface area contributed by atoms with E-state index in [1.165, 1.54) is 44.9 Å². The van der Waals surface area contributed by atoms with Gasteiger partial charge in [-0.05, 0) is 64.2 Å². The summed E-state index contributed by atoms with van der Waals surface area (Å²) in [5.41, 5.74) is 0. The van der Waals surface area contributed by atoms with Crippen molar-refractivity contribution in [1.82, 2.24) is 0 Å². The first kappa shape index (κ1) is 61.7. The van der Waals surface area contributed by atoms with Crippen molar-refractivity contribution in [2.24, 2.45) is 0 Å². The molecule has 1 aliphatic rings. The molecule has 9 atom stereocenters. The van der Waals surface area contributed by atoms with Gasteiger partial charge in [0, 0.05) is 12.8 Å². The molecular weight excluding hydrogens is 898 g/mol. The molecule has 1 rings (SSSR count). The number of allylic oxidation sites excluding steroid dienone is 8. The summed E-state index contributed by atoms with van der Waals surface area (Å²) in [5, 5.41) is 51.3. The fraction of sp³-hybridized carbons (Fsp3) is 0.745. The zero-order valence-corrected chi connectivity index (χ0v) is 41.0. The van der Waals surface area contributed by atoms with E-state index < -0.39 is 89.6 Å². The van der Waals surface area contributed by atoms with E-state index in [0.29, 0.717) is 32.1 Å². The number of esters is 2. The molecule has 1 aliphatic carbocycles. The molecule has 382 valence electrons. The molecule has 5 unspecified atom stereocenters. The summed E-state index contributed by atoms with van der Waals surface area (Å²) in [5.74, 6) is -1.32. The zero-order valence-electron chi connectivity index (χ0n) is 39.2. The lowest BCUT2D eigenvalue weighted by Gasteiger charge is -2.43. The number of carbonyl (C=O) groups excluding carboxylic acids is 2. The largest absolute Gasteiger partial charge is 0.472 e. The number of rotatable bonds is 39. The van der Waals surface area contributed by atoms with Crippen LogP contribution in [0.1, 0.15) is 162 Å². The summed E-state index contributed by atoms with van der Waals surface area (Å²) in [7, 11) is -10.7. The number of phosphoric acid groups is 2. The lowest BCUT2D eigenvalue weighted by molar-refractivity contribution is -0.216. The van der Waals surface area contributed by atoms with E-state index in [1.807, 2.05) is 36.5 Å². The van der Waals surface area contributed by atoms with Gasteiger partial charge in [0.25, 0.3) is 0 Å². The molecule has 0 aromatic rings. The highest BCUT2D eigenvalue weighted by Gasteiger charge is 2.54. The van der Waals surface area contributed by atoms with Gasteiger partial charge in [-0.25, -0.2) is 9.13 Å². The van der Waals surface area contributed by atoms with Crippen LogP contribution in [0.4, 0.5) is 0 Å². The summed E-state index contributed by atoms with van der Waals surface area (Å²) < 4.78 is 49.3. The topological polar surface area (TPSA) is 276 Å². The van der Waals surface area contributed by atoms with Gasteiger partial charge in [0.1, 0.15) is 43.2 Å². The first-order valence-corrected chi connectivity index (χ1v) is 27.0. The summed E-state index contributed by atoms with van der Waals surface area (Å²) in [6, 6.07) is 0. The Morgan fingerprint density at radius 3 is 1.76 bits per heavy atom. The molecule has 0 saturated heterocycles. The lowest BCUT2D eigenvalue weighted by atomic mass is 9.85. The van der Waals surface area contributed by atoms with E-state index in [4.69, 9.17) is 18.5 Å². The Kier molecular flexibility index (Phi) is 35.1. The number of aliphatic hydroxyl groups is 5. The first-order chi connectivity index (χ1) is 31.5. The smallest absolute Gasteiger partial charge is 0.462 e. The maximum atomic E-state index is 13.0. The van der Waals surface area contributed by atoms with Gasteiger partial charge in [-0.3, -0.25) is 23.2 Å². The van der Waals surface area contributed by atoms with Crippen LogP contribution in [0, 0.1) is 0 Å². The number of hydrogen-bond donors (Lipinski definition) is 8. The molecular formula is C47H82O17P2. The van der Waals surface area contributed by atoms with Crippen molar-refractivity contribution in [2.45, 2.75) is 210 Å². The SMILES string of the molecule is CC/C=C\CCCCCCCCCCCCCC(=O)O[C@H](COC(=O)CCC/C=C/C/C=C\C[C@H](O)/C=C\C=C/CCCCC)COP(=O)(O)O[C@H]1C(O)C(O)C(O)[C@@H](OP(=O)(O)O)C1O. The minimum absolute atomic E-state index is 0.00923. The van der Waals surface area contributed by atoms with E-state index >= 15 is 0 Å². The molecule has 17 nitrogen and oxygen atoms in total. The van der Waals surface area contributed by atoms with Gasteiger partial charge in [-0.15, -0.1) is 0 Å². The van der Waals surface area contributed by atoms with Crippen molar-refractivity contribution in [3.63, 3.8) is 0 Å². The standard InChI is InChI=1S/C47H82O17P2/c1-3-5-7-9-11-12-13-14-15-16-17-18-22-27-31-35-41(50)62-39(37-61-66(58,59)64-47-44(53)42(51)43(52)46(45(47)54)63-65(55,56)57)36-60-40(49)34-30-26-23-19-21-25-29-33-38(48)32-28-24-20-10-8-6-4-2/h5,7,19-20,23-25,28-29,32,38-39,42-48,51-54H,3-4,6,8-18,21-22,26-27,30-31,33-37H2,1-2H3,(H,58,59)(H2,55,56,57)/b7-5-,23-19+,24-20-,29-25-,32-28-/t38-,39-,42?,43?,44?,45?,46-,47+/m1/s1. The Balaban J connectivity index is 2.65. The van der Waals surface area contributed by atoms with Gasteiger partial charge < -0.3 is 49.7 Å².